The molecular formula is C25H23NO4. The predicted molar refractivity (Wildman–Crippen MR) is 114 cm³/mol. The number of hydrogen-bond donors (Lipinski definition) is 1. The van der Waals surface area contributed by atoms with Gasteiger partial charge in [0.05, 0.1) is 13.5 Å². The van der Waals surface area contributed by atoms with Crippen molar-refractivity contribution in [2.75, 3.05) is 7.11 Å². The summed E-state index contributed by atoms with van der Waals surface area (Å²) in [6.45, 7) is 0. The van der Waals surface area contributed by atoms with Gasteiger partial charge in [-0.25, -0.2) is 4.79 Å². The number of hydrogen-bond acceptors (Lipinski definition) is 4. The van der Waals surface area contributed by atoms with Crippen molar-refractivity contribution < 1.29 is 19.1 Å². The molecule has 5 heteroatoms. The average molecular weight is 401 g/mol. The number of rotatable bonds is 8. The molecule has 1 amide bonds. The Kier molecular flexibility index (Phi) is 7.11. The number of ether oxygens (including phenoxy) is 1. The smallest absolute Gasteiger partial charge is 0.328 e. The lowest BCUT2D eigenvalue weighted by Gasteiger charge is -2.17. The van der Waals surface area contributed by atoms with Crippen LogP contribution in [0.3, 0.4) is 0 Å². The molecule has 1 N–H and O–H groups in total. The first-order valence-electron chi connectivity index (χ1n) is 9.66. The van der Waals surface area contributed by atoms with Crippen molar-refractivity contribution in [1.82, 2.24) is 5.32 Å². The lowest BCUT2D eigenvalue weighted by atomic mass is 9.99. The first kappa shape index (κ1) is 21.0. The van der Waals surface area contributed by atoms with Crippen molar-refractivity contribution in [3.8, 4) is 0 Å². The largest absolute Gasteiger partial charge is 0.467 e. The van der Waals surface area contributed by atoms with E-state index in [1.165, 1.54) is 7.11 Å². The van der Waals surface area contributed by atoms with Crippen molar-refractivity contribution in [2.24, 2.45) is 0 Å². The molecule has 0 fully saturated rings. The van der Waals surface area contributed by atoms with E-state index < -0.39 is 12.0 Å². The molecule has 0 saturated heterocycles. The van der Waals surface area contributed by atoms with Crippen LogP contribution in [0.25, 0.3) is 0 Å². The number of carbonyl (C=O) groups excluding carboxylic acids is 3. The van der Waals surface area contributed by atoms with Gasteiger partial charge in [-0.3, -0.25) is 9.59 Å². The second-order valence-corrected chi connectivity index (χ2v) is 6.90. The molecule has 3 aromatic carbocycles. The van der Waals surface area contributed by atoms with Gasteiger partial charge in [-0.2, -0.15) is 0 Å². The highest BCUT2D eigenvalue weighted by atomic mass is 16.5. The highest BCUT2D eigenvalue weighted by Crippen LogP contribution is 2.13. The third-order valence-corrected chi connectivity index (χ3v) is 4.72. The summed E-state index contributed by atoms with van der Waals surface area (Å²) in [5.74, 6) is -0.837. The fourth-order valence-electron chi connectivity index (χ4n) is 3.15. The minimum Gasteiger partial charge on any atom is -0.467 e. The normalized spacial score (nSPS) is 11.4. The molecule has 0 radical (unpaired) electrons. The van der Waals surface area contributed by atoms with Crippen LogP contribution in [0.2, 0.25) is 0 Å². The number of amides is 1. The van der Waals surface area contributed by atoms with E-state index in [9.17, 15) is 14.4 Å². The standard InChI is InChI=1S/C25H23NO4/c1-30-25(29)22(26-23(27)17-18-8-4-2-5-9-18)16-19-12-14-21(15-13-19)24(28)20-10-6-3-7-11-20/h2-15,22H,16-17H2,1H3,(H,26,27)/t22-/m0/s1. The van der Waals surface area contributed by atoms with Crippen LogP contribution >= 0.6 is 0 Å². The molecule has 0 heterocycles. The number of benzene rings is 3. The highest BCUT2D eigenvalue weighted by Gasteiger charge is 2.22. The molecule has 0 aromatic heterocycles. The van der Waals surface area contributed by atoms with Gasteiger partial charge >= 0.3 is 5.97 Å². The third kappa shape index (κ3) is 5.64. The number of nitrogens with one attached hydrogen (secondary N) is 1. The molecule has 3 aromatic rings. The maximum atomic E-state index is 12.5. The summed E-state index contributed by atoms with van der Waals surface area (Å²) in [5, 5.41) is 2.75. The van der Waals surface area contributed by atoms with Crippen LogP contribution in [0, 0.1) is 0 Å². The van der Waals surface area contributed by atoms with E-state index in [1.807, 2.05) is 48.5 Å². The lowest BCUT2D eigenvalue weighted by Crippen LogP contribution is -2.43. The zero-order valence-corrected chi connectivity index (χ0v) is 16.7. The Balaban J connectivity index is 1.66. The van der Waals surface area contributed by atoms with Gasteiger partial charge in [0.2, 0.25) is 5.91 Å². The second-order valence-electron chi connectivity index (χ2n) is 6.90. The monoisotopic (exact) mass is 401 g/mol. The minimum atomic E-state index is -0.804. The van der Waals surface area contributed by atoms with Crippen LogP contribution in [-0.2, 0) is 27.2 Å². The van der Waals surface area contributed by atoms with E-state index in [4.69, 9.17) is 4.74 Å². The quantitative estimate of drug-likeness (QED) is 0.464. The summed E-state index contributed by atoms with van der Waals surface area (Å²) in [5.41, 5.74) is 2.86. The molecule has 0 aliphatic heterocycles. The molecule has 0 unspecified atom stereocenters. The van der Waals surface area contributed by atoms with Crippen LogP contribution in [0.1, 0.15) is 27.0 Å². The molecular weight excluding hydrogens is 378 g/mol. The third-order valence-electron chi connectivity index (χ3n) is 4.72. The first-order valence-corrected chi connectivity index (χ1v) is 9.66. The van der Waals surface area contributed by atoms with E-state index >= 15 is 0 Å². The molecule has 1 atom stereocenters. The summed E-state index contributed by atoms with van der Waals surface area (Å²) in [6, 6.07) is 24.6. The Morgan fingerprint density at radius 1 is 0.767 bits per heavy atom. The number of carbonyl (C=O) groups is 3. The first-order chi connectivity index (χ1) is 14.6. The van der Waals surface area contributed by atoms with Crippen LogP contribution in [-0.4, -0.2) is 30.8 Å². The van der Waals surface area contributed by atoms with Crippen molar-refractivity contribution in [1.29, 1.82) is 0 Å². The van der Waals surface area contributed by atoms with E-state index in [2.05, 4.69) is 5.32 Å². The Hall–Kier alpha value is -3.73. The SMILES string of the molecule is COC(=O)[C@H](Cc1ccc(C(=O)c2ccccc2)cc1)NC(=O)Cc1ccccc1. The van der Waals surface area contributed by atoms with E-state index in [0.717, 1.165) is 11.1 Å². The summed E-state index contributed by atoms with van der Waals surface area (Å²) >= 11 is 0. The van der Waals surface area contributed by atoms with Gasteiger partial charge in [0.1, 0.15) is 6.04 Å². The summed E-state index contributed by atoms with van der Waals surface area (Å²) in [6.07, 6.45) is 0.450. The van der Waals surface area contributed by atoms with Crippen LogP contribution in [0.5, 0.6) is 0 Å². The average Bonchev–Trinajstić information content (AvgIpc) is 2.79. The molecule has 0 aliphatic rings. The van der Waals surface area contributed by atoms with Gasteiger partial charge in [0.25, 0.3) is 0 Å². The number of methoxy groups -OCH3 is 1. The Bertz CT molecular complexity index is 998. The Labute approximate surface area is 175 Å². The fraction of sp³-hybridized carbons (Fsp3) is 0.160. The predicted octanol–water partition coefficient (Wildman–Crippen LogP) is 3.36. The molecule has 0 bridgehead atoms. The van der Waals surface area contributed by atoms with Gasteiger partial charge in [-0.05, 0) is 11.1 Å². The molecule has 3 rings (SSSR count). The Morgan fingerprint density at radius 2 is 1.33 bits per heavy atom. The molecule has 0 saturated carbocycles. The zero-order chi connectivity index (χ0) is 21.3. The Morgan fingerprint density at radius 3 is 1.93 bits per heavy atom. The van der Waals surface area contributed by atoms with Crippen molar-refractivity contribution >= 4 is 17.7 Å². The molecule has 30 heavy (non-hydrogen) atoms. The molecule has 5 nitrogen and oxygen atoms in total. The number of esters is 1. The van der Waals surface area contributed by atoms with Gasteiger partial charge < -0.3 is 10.1 Å². The minimum absolute atomic E-state index is 0.0668. The van der Waals surface area contributed by atoms with E-state index in [-0.39, 0.29) is 24.5 Å². The zero-order valence-electron chi connectivity index (χ0n) is 16.7. The van der Waals surface area contributed by atoms with Crippen molar-refractivity contribution in [2.45, 2.75) is 18.9 Å². The fourth-order valence-corrected chi connectivity index (χ4v) is 3.15. The van der Waals surface area contributed by atoms with Crippen LogP contribution < -0.4 is 5.32 Å². The molecule has 152 valence electrons. The lowest BCUT2D eigenvalue weighted by molar-refractivity contribution is -0.145. The van der Waals surface area contributed by atoms with Gasteiger partial charge in [-0.1, -0.05) is 84.9 Å². The maximum Gasteiger partial charge on any atom is 0.328 e. The molecule has 0 spiro atoms. The highest BCUT2D eigenvalue weighted by molar-refractivity contribution is 6.08. The van der Waals surface area contributed by atoms with Crippen LogP contribution in [0.4, 0.5) is 0 Å². The van der Waals surface area contributed by atoms with E-state index in [1.54, 1.807) is 36.4 Å². The summed E-state index contributed by atoms with van der Waals surface area (Å²) in [7, 11) is 1.29. The van der Waals surface area contributed by atoms with Crippen molar-refractivity contribution in [3.05, 3.63) is 107 Å². The van der Waals surface area contributed by atoms with Crippen molar-refractivity contribution in [3.63, 3.8) is 0 Å². The topological polar surface area (TPSA) is 72.5 Å². The number of ketones is 1. The maximum absolute atomic E-state index is 12.5. The summed E-state index contributed by atoms with van der Waals surface area (Å²) < 4.78 is 4.85. The second kappa shape index (κ2) is 10.2. The van der Waals surface area contributed by atoms with E-state index in [0.29, 0.717) is 11.1 Å². The van der Waals surface area contributed by atoms with Gasteiger partial charge in [0, 0.05) is 17.5 Å². The summed E-state index contributed by atoms with van der Waals surface area (Å²) in [4.78, 5) is 37.1. The van der Waals surface area contributed by atoms with Gasteiger partial charge in [0.15, 0.2) is 5.78 Å². The van der Waals surface area contributed by atoms with Crippen LogP contribution in [0.15, 0.2) is 84.9 Å². The molecule has 0 aliphatic carbocycles. The van der Waals surface area contributed by atoms with Gasteiger partial charge in [-0.15, -0.1) is 0 Å².